The van der Waals surface area contributed by atoms with Gasteiger partial charge in [0.25, 0.3) is 5.91 Å². The number of benzene rings is 2. The van der Waals surface area contributed by atoms with Gasteiger partial charge in [-0.25, -0.2) is 0 Å². The topological polar surface area (TPSA) is 67.9 Å². The van der Waals surface area contributed by atoms with Gasteiger partial charge in [0.2, 0.25) is 5.91 Å². The summed E-state index contributed by atoms with van der Waals surface area (Å²) in [6, 6.07) is 11.3. The molecule has 8 heteroatoms. The first-order valence-electron chi connectivity index (χ1n) is 10.1. The number of hydrogen-bond donors (Lipinski definition) is 1. The van der Waals surface area contributed by atoms with Gasteiger partial charge in [-0.2, -0.15) is 0 Å². The van der Waals surface area contributed by atoms with Crippen LogP contribution in [-0.2, 0) is 16.1 Å². The first-order valence-corrected chi connectivity index (χ1v) is 10.9. The van der Waals surface area contributed by atoms with E-state index < -0.39 is 6.04 Å². The summed E-state index contributed by atoms with van der Waals surface area (Å²) in [7, 11) is 1.58. The maximum Gasteiger partial charge on any atom is 0.261 e. The van der Waals surface area contributed by atoms with Gasteiger partial charge in [-0.3, -0.25) is 9.59 Å². The number of rotatable bonds is 11. The van der Waals surface area contributed by atoms with E-state index in [1.807, 2.05) is 6.92 Å². The molecule has 1 N–H and O–H groups in total. The monoisotopic (exact) mass is 466 g/mol. The molecule has 0 aliphatic rings. The van der Waals surface area contributed by atoms with Crippen molar-refractivity contribution in [3.05, 3.63) is 58.1 Å². The van der Waals surface area contributed by atoms with E-state index in [9.17, 15) is 9.59 Å². The molecule has 0 heterocycles. The molecule has 2 aromatic carbocycles. The largest absolute Gasteiger partial charge is 0.497 e. The fraction of sp³-hybridized carbons (Fsp3) is 0.391. The van der Waals surface area contributed by atoms with Crippen molar-refractivity contribution in [2.45, 2.75) is 39.3 Å². The zero-order valence-corrected chi connectivity index (χ0v) is 19.5. The molecule has 0 spiro atoms. The van der Waals surface area contributed by atoms with E-state index in [1.165, 1.54) is 4.90 Å². The van der Waals surface area contributed by atoms with Crippen molar-refractivity contribution in [2.75, 3.05) is 20.3 Å². The lowest BCUT2D eigenvalue weighted by molar-refractivity contribution is -0.142. The Bertz CT molecular complexity index is 874. The molecule has 2 aromatic rings. The second-order valence-corrected chi connectivity index (χ2v) is 7.89. The van der Waals surface area contributed by atoms with Crippen LogP contribution < -0.4 is 14.8 Å². The van der Waals surface area contributed by atoms with Crippen molar-refractivity contribution >= 4 is 35.0 Å². The molecule has 1 atom stereocenters. The highest BCUT2D eigenvalue weighted by Crippen LogP contribution is 2.23. The third-order valence-corrected chi connectivity index (χ3v) is 5.36. The number of halogens is 2. The molecule has 0 aliphatic carbocycles. The minimum atomic E-state index is -0.699. The van der Waals surface area contributed by atoms with Gasteiger partial charge in [0.05, 0.1) is 7.11 Å². The van der Waals surface area contributed by atoms with Gasteiger partial charge < -0.3 is 19.7 Å². The van der Waals surface area contributed by atoms with Gasteiger partial charge in [0.15, 0.2) is 6.61 Å². The van der Waals surface area contributed by atoms with E-state index in [0.29, 0.717) is 33.7 Å². The summed E-state index contributed by atoms with van der Waals surface area (Å²) in [4.78, 5) is 27.1. The number of methoxy groups -OCH3 is 1. The molecule has 0 radical (unpaired) electrons. The second kappa shape index (κ2) is 12.4. The Hall–Kier alpha value is -2.44. The van der Waals surface area contributed by atoms with Gasteiger partial charge in [0, 0.05) is 23.1 Å². The molecule has 6 nitrogen and oxygen atoms in total. The lowest BCUT2D eigenvalue weighted by Crippen LogP contribution is -2.49. The number of nitrogens with one attached hydrogen (secondary N) is 1. The molecule has 2 amide bonds. The molecule has 0 aromatic heterocycles. The van der Waals surface area contributed by atoms with Crippen LogP contribution in [0.4, 0.5) is 0 Å². The number of ether oxygens (including phenoxy) is 2. The summed E-state index contributed by atoms with van der Waals surface area (Å²) in [5.74, 6) is 0.657. The molecular formula is C23H28Cl2N2O4. The molecule has 0 saturated heterocycles. The van der Waals surface area contributed by atoms with E-state index >= 15 is 0 Å². The van der Waals surface area contributed by atoms with Crippen molar-refractivity contribution in [3.63, 3.8) is 0 Å². The Balaban J connectivity index is 2.14. The maximum absolute atomic E-state index is 13.0. The molecule has 0 bridgehead atoms. The summed E-state index contributed by atoms with van der Waals surface area (Å²) < 4.78 is 10.8. The smallest absolute Gasteiger partial charge is 0.261 e. The van der Waals surface area contributed by atoms with Crippen LogP contribution in [0, 0.1) is 0 Å². The number of amides is 2. The lowest BCUT2D eigenvalue weighted by Gasteiger charge is -2.29. The predicted molar refractivity (Wildman–Crippen MR) is 123 cm³/mol. The Kier molecular flexibility index (Phi) is 9.95. The van der Waals surface area contributed by atoms with E-state index in [4.69, 9.17) is 32.7 Å². The summed E-state index contributed by atoms with van der Waals surface area (Å²) in [5, 5.41) is 3.80. The Labute approximate surface area is 193 Å². The first-order chi connectivity index (χ1) is 14.8. The van der Waals surface area contributed by atoms with Crippen LogP contribution in [0.25, 0.3) is 0 Å². The number of carbonyl (C=O) groups is 2. The van der Waals surface area contributed by atoms with E-state index in [0.717, 1.165) is 12.8 Å². The van der Waals surface area contributed by atoms with Crippen molar-refractivity contribution in [3.8, 4) is 11.5 Å². The van der Waals surface area contributed by atoms with Crippen LogP contribution in [-0.4, -0.2) is 43.0 Å². The zero-order chi connectivity index (χ0) is 22.8. The molecule has 0 fully saturated rings. The quantitative estimate of drug-likeness (QED) is 0.486. The Morgan fingerprint density at radius 3 is 2.39 bits per heavy atom. The highest BCUT2D eigenvalue weighted by atomic mass is 35.5. The van der Waals surface area contributed by atoms with Crippen LogP contribution in [0.15, 0.2) is 42.5 Å². The number of nitrogens with zero attached hydrogens (tertiary/aromatic N) is 1. The van der Waals surface area contributed by atoms with Crippen LogP contribution in [0.2, 0.25) is 10.0 Å². The number of hydrogen-bond acceptors (Lipinski definition) is 4. The van der Waals surface area contributed by atoms with Crippen molar-refractivity contribution in [1.82, 2.24) is 10.2 Å². The minimum Gasteiger partial charge on any atom is -0.497 e. The molecule has 0 unspecified atom stereocenters. The zero-order valence-electron chi connectivity index (χ0n) is 18.0. The molecule has 0 aliphatic heterocycles. The van der Waals surface area contributed by atoms with Crippen LogP contribution in [0.5, 0.6) is 11.5 Å². The van der Waals surface area contributed by atoms with Crippen LogP contribution >= 0.6 is 23.2 Å². The molecule has 2 rings (SSSR count). The van der Waals surface area contributed by atoms with Crippen LogP contribution in [0.3, 0.4) is 0 Å². The van der Waals surface area contributed by atoms with Gasteiger partial charge in [0.1, 0.15) is 17.5 Å². The number of unbranched alkanes of at least 4 members (excludes halogenated alkanes) is 1. The summed E-state index contributed by atoms with van der Waals surface area (Å²) in [6.45, 7) is 4.24. The molecule has 168 valence electrons. The summed E-state index contributed by atoms with van der Waals surface area (Å²) in [5.41, 5.74) is 0.692. The molecular weight excluding hydrogens is 439 g/mol. The SMILES string of the molecule is CCCCNC(=O)[C@@H](C)N(Cc1ccc(Cl)cc1Cl)C(=O)COc1ccc(OC)cc1. The van der Waals surface area contributed by atoms with E-state index in [1.54, 1.807) is 56.5 Å². The maximum atomic E-state index is 13.0. The fourth-order valence-corrected chi connectivity index (χ4v) is 3.32. The minimum absolute atomic E-state index is 0.156. The average Bonchev–Trinajstić information content (AvgIpc) is 2.77. The van der Waals surface area contributed by atoms with Gasteiger partial charge in [-0.1, -0.05) is 42.6 Å². The average molecular weight is 467 g/mol. The van der Waals surface area contributed by atoms with Gasteiger partial charge >= 0.3 is 0 Å². The fourth-order valence-electron chi connectivity index (χ4n) is 2.85. The predicted octanol–water partition coefficient (Wildman–Crippen LogP) is 4.71. The third kappa shape index (κ3) is 7.64. The van der Waals surface area contributed by atoms with Gasteiger partial charge in [-0.05, 0) is 55.3 Å². The Morgan fingerprint density at radius 2 is 1.77 bits per heavy atom. The van der Waals surface area contributed by atoms with Gasteiger partial charge in [-0.15, -0.1) is 0 Å². The van der Waals surface area contributed by atoms with Crippen molar-refractivity contribution in [2.24, 2.45) is 0 Å². The van der Waals surface area contributed by atoms with E-state index in [2.05, 4.69) is 5.32 Å². The second-order valence-electron chi connectivity index (χ2n) is 7.04. The highest BCUT2D eigenvalue weighted by Gasteiger charge is 2.27. The highest BCUT2D eigenvalue weighted by molar-refractivity contribution is 6.35. The molecule has 31 heavy (non-hydrogen) atoms. The first kappa shape index (κ1) is 24.8. The lowest BCUT2D eigenvalue weighted by atomic mass is 10.1. The normalized spacial score (nSPS) is 11.5. The van der Waals surface area contributed by atoms with Crippen molar-refractivity contribution in [1.29, 1.82) is 0 Å². The third-order valence-electron chi connectivity index (χ3n) is 4.77. The summed E-state index contributed by atoms with van der Waals surface area (Å²) >= 11 is 12.3. The van der Waals surface area contributed by atoms with E-state index in [-0.39, 0.29) is 25.0 Å². The Morgan fingerprint density at radius 1 is 1.10 bits per heavy atom. The van der Waals surface area contributed by atoms with Crippen LogP contribution in [0.1, 0.15) is 32.3 Å². The molecule has 0 saturated carbocycles. The standard InChI is InChI=1S/C23H28Cl2N2O4/c1-4-5-12-26-23(29)16(2)27(14-17-6-7-18(24)13-21(17)25)22(28)15-31-20-10-8-19(30-3)9-11-20/h6-11,13,16H,4-5,12,14-15H2,1-3H3,(H,26,29)/t16-/m1/s1. The van der Waals surface area contributed by atoms with Crippen molar-refractivity contribution < 1.29 is 19.1 Å². The summed E-state index contributed by atoms with van der Waals surface area (Å²) in [6.07, 6.45) is 1.84. The number of carbonyl (C=O) groups excluding carboxylic acids is 2.